The Hall–Kier alpha value is -3.63. The summed E-state index contributed by atoms with van der Waals surface area (Å²) in [5.74, 6) is -1.43. The molecule has 0 saturated carbocycles. The van der Waals surface area contributed by atoms with Gasteiger partial charge in [0, 0.05) is 12.7 Å². The number of imide groups is 1. The second-order valence-electron chi connectivity index (χ2n) is 7.02. The summed E-state index contributed by atoms with van der Waals surface area (Å²) in [6, 6.07) is 13.0. The van der Waals surface area contributed by atoms with Gasteiger partial charge in [-0.2, -0.15) is 0 Å². The molecule has 0 saturated heterocycles. The fourth-order valence-corrected chi connectivity index (χ4v) is 4.63. The van der Waals surface area contributed by atoms with Crippen LogP contribution in [0.1, 0.15) is 32.0 Å². The van der Waals surface area contributed by atoms with Crippen molar-refractivity contribution >= 4 is 21.8 Å². The molecule has 0 radical (unpaired) electrons. The minimum atomic E-state index is -4.17. The van der Waals surface area contributed by atoms with Gasteiger partial charge in [0.1, 0.15) is 17.3 Å². The molecule has 0 unspecified atom stereocenters. The van der Waals surface area contributed by atoms with Gasteiger partial charge in [0.15, 0.2) is 0 Å². The summed E-state index contributed by atoms with van der Waals surface area (Å²) in [6.45, 7) is -0.407. The number of benzene rings is 2. The average molecular weight is 455 g/mol. The van der Waals surface area contributed by atoms with E-state index in [1.807, 2.05) is 0 Å². The molecule has 1 aliphatic rings. The van der Waals surface area contributed by atoms with Crippen LogP contribution in [0.15, 0.2) is 65.7 Å². The van der Waals surface area contributed by atoms with E-state index in [0.29, 0.717) is 11.3 Å². The molecule has 0 atom stereocenters. The molecule has 10 heteroatoms. The highest BCUT2D eigenvalue weighted by atomic mass is 32.2. The monoisotopic (exact) mass is 455 g/mol. The van der Waals surface area contributed by atoms with Crippen LogP contribution in [-0.4, -0.2) is 37.2 Å². The zero-order valence-corrected chi connectivity index (χ0v) is 17.7. The SMILES string of the molecule is COc1cccc(CNS(=O)(=O)c2cc(F)ccc2CN2C(=O)c3cccnc3C2=O)c1. The largest absolute Gasteiger partial charge is 0.497 e. The van der Waals surface area contributed by atoms with Gasteiger partial charge in [-0.1, -0.05) is 18.2 Å². The molecule has 3 aromatic rings. The number of hydrogen-bond donors (Lipinski definition) is 1. The Morgan fingerprint density at radius 1 is 1.06 bits per heavy atom. The highest BCUT2D eigenvalue weighted by Gasteiger charge is 2.37. The van der Waals surface area contributed by atoms with Crippen molar-refractivity contribution < 1.29 is 27.1 Å². The molecule has 1 aromatic heterocycles. The summed E-state index contributed by atoms with van der Waals surface area (Å²) in [6.07, 6.45) is 1.39. The van der Waals surface area contributed by atoms with E-state index in [1.165, 1.54) is 31.5 Å². The fourth-order valence-electron chi connectivity index (χ4n) is 3.38. The van der Waals surface area contributed by atoms with Crippen LogP contribution in [0.5, 0.6) is 5.75 Å². The summed E-state index contributed by atoms with van der Waals surface area (Å²) in [7, 11) is -2.67. The Kier molecular flexibility index (Phi) is 5.72. The number of fused-ring (bicyclic) bond motifs is 1. The normalized spacial score (nSPS) is 13.4. The third kappa shape index (κ3) is 4.10. The Bertz CT molecular complexity index is 1290. The van der Waals surface area contributed by atoms with Crippen LogP contribution in [-0.2, 0) is 23.1 Å². The van der Waals surface area contributed by atoms with Gasteiger partial charge < -0.3 is 4.74 Å². The lowest BCUT2D eigenvalue weighted by molar-refractivity contribution is 0.0639. The summed E-state index contributed by atoms with van der Waals surface area (Å²) < 4.78 is 47.5. The van der Waals surface area contributed by atoms with Crippen LogP contribution in [0.3, 0.4) is 0 Å². The van der Waals surface area contributed by atoms with Gasteiger partial charge in [-0.15, -0.1) is 0 Å². The summed E-state index contributed by atoms with van der Waals surface area (Å²) >= 11 is 0. The maximum atomic E-state index is 14.0. The molecule has 2 amide bonds. The number of rotatable bonds is 7. The third-order valence-corrected chi connectivity index (χ3v) is 6.46. The Morgan fingerprint density at radius 3 is 2.62 bits per heavy atom. The molecule has 2 heterocycles. The van der Waals surface area contributed by atoms with Crippen LogP contribution in [0.2, 0.25) is 0 Å². The van der Waals surface area contributed by atoms with Gasteiger partial charge >= 0.3 is 0 Å². The molecule has 0 spiro atoms. The van der Waals surface area contributed by atoms with Gasteiger partial charge in [0.2, 0.25) is 10.0 Å². The Labute approximate surface area is 183 Å². The lowest BCUT2D eigenvalue weighted by Crippen LogP contribution is -2.31. The minimum absolute atomic E-state index is 0.000156. The third-order valence-electron chi connectivity index (χ3n) is 4.98. The maximum absolute atomic E-state index is 14.0. The number of nitrogens with one attached hydrogen (secondary N) is 1. The lowest BCUT2D eigenvalue weighted by atomic mass is 10.2. The van der Waals surface area contributed by atoms with Crippen LogP contribution in [0.25, 0.3) is 0 Å². The number of pyridine rings is 1. The first-order chi connectivity index (χ1) is 15.3. The number of aromatic nitrogens is 1. The zero-order valence-electron chi connectivity index (χ0n) is 16.9. The number of ether oxygens (including phenoxy) is 1. The van der Waals surface area contributed by atoms with Gasteiger partial charge in [-0.25, -0.2) is 17.5 Å². The van der Waals surface area contributed by atoms with E-state index < -0.39 is 27.7 Å². The molecule has 8 nitrogen and oxygen atoms in total. The molecular formula is C22H18FN3O5S. The quantitative estimate of drug-likeness (QED) is 0.549. The van der Waals surface area contributed by atoms with Crippen LogP contribution < -0.4 is 9.46 Å². The van der Waals surface area contributed by atoms with Crippen molar-refractivity contribution in [1.29, 1.82) is 0 Å². The highest BCUT2D eigenvalue weighted by Crippen LogP contribution is 2.26. The van der Waals surface area contributed by atoms with Crippen LogP contribution in [0.4, 0.5) is 4.39 Å². The first-order valence-electron chi connectivity index (χ1n) is 9.52. The van der Waals surface area contributed by atoms with Crippen LogP contribution in [0, 0.1) is 5.82 Å². The predicted molar refractivity (Wildman–Crippen MR) is 112 cm³/mol. The van der Waals surface area contributed by atoms with Gasteiger partial charge in [0.25, 0.3) is 11.8 Å². The van der Waals surface area contributed by atoms with E-state index >= 15 is 0 Å². The molecule has 0 fully saturated rings. The van der Waals surface area contributed by atoms with Gasteiger partial charge in [-0.3, -0.25) is 19.5 Å². The molecule has 32 heavy (non-hydrogen) atoms. The van der Waals surface area contributed by atoms with Crippen molar-refractivity contribution in [2.24, 2.45) is 0 Å². The van der Waals surface area contributed by atoms with E-state index in [9.17, 15) is 22.4 Å². The van der Waals surface area contributed by atoms with Crippen molar-refractivity contribution in [1.82, 2.24) is 14.6 Å². The van der Waals surface area contributed by atoms with E-state index in [1.54, 1.807) is 24.3 Å². The van der Waals surface area contributed by atoms with Crippen LogP contribution >= 0.6 is 0 Å². The number of amides is 2. The number of halogens is 1. The topological polar surface area (TPSA) is 106 Å². The number of nitrogens with zero attached hydrogens (tertiary/aromatic N) is 2. The van der Waals surface area contributed by atoms with Crippen molar-refractivity contribution in [3.63, 3.8) is 0 Å². The van der Waals surface area contributed by atoms with Crippen molar-refractivity contribution in [2.45, 2.75) is 18.0 Å². The summed E-state index contributed by atoms with van der Waals surface area (Å²) in [5.41, 5.74) is 0.872. The van der Waals surface area contributed by atoms with Gasteiger partial charge in [0.05, 0.1) is 24.1 Å². The standard InChI is InChI=1S/C22H18FN3O5S/c1-31-17-5-2-4-14(10-17)12-25-32(29,30)19-11-16(23)8-7-15(19)13-26-21(27)18-6-3-9-24-20(18)22(26)28/h2-11,25H,12-13H2,1H3. The minimum Gasteiger partial charge on any atom is -0.497 e. The molecular weight excluding hydrogens is 437 g/mol. The van der Waals surface area contributed by atoms with Crippen molar-refractivity contribution in [3.05, 3.63) is 89.0 Å². The molecule has 1 N–H and O–H groups in total. The number of hydrogen-bond acceptors (Lipinski definition) is 6. The summed E-state index contributed by atoms with van der Waals surface area (Å²) in [5, 5.41) is 0. The number of methoxy groups -OCH3 is 1. The van der Waals surface area contributed by atoms with Gasteiger partial charge in [-0.05, 0) is 47.5 Å². The smallest absolute Gasteiger partial charge is 0.280 e. The first-order valence-corrected chi connectivity index (χ1v) is 11.0. The average Bonchev–Trinajstić information content (AvgIpc) is 3.04. The number of sulfonamides is 1. The Morgan fingerprint density at radius 2 is 1.88 bits per heavy atom. The summed E-state index contributed by atoms with van der Waals surface area (Å²) in [4.78, 5) is 29.7. The van der Waals surface area contributed by atoms with E-state index in [-0.39, 0.29) is 34.8 Å². The molecule has 0 aliphatic carbocycles. The second kappa shape index (κ2) is 8.48. The van der Waals surface area contributed by atoms with E-state index in [2.05, 4.69) is 9.71 Å². The second-order valence-corrected chi connectivity index (χ2v) is 8.76. The maximum Gasteiger partial charge on any atom is 0.280 e. The van der Waals surface area contributed by atoms with Crippen molar-refractivity contribution in [3.8, 4) is 5.75 Å². The molecule has 2 aromatic carbocycles. The molecule has 0 bridgehead atoms. The predicted octanol–water partition coefficient (Wildman–Crippen LogP) is 2.50. The molecule has 164 valence electrons. The fraction of sp³-hybridized carbons (Fsp3) is 0.136. The highest BCUT2D eigenvalue weighted by molar-refractivity contribution is 7.89. The molecule has 4 rings (SSSR count). The lowest BCUT2D eigenvalue weighted by Gasteiger charge is -2.17. The number of carbonyl (C=O) groups excluding carboxylic acids is 2. The molecule has 1 aliphatic heterocycles. The van der Waals surface area contributed by atoms with Crippen molar-refractivity contribution in [2.75, 3.05) is 7.11 Å². The van der Waals surface area contributed by atoms with E-state index in [0.717, 1.165) is 17.0 Å². The van der Waals surface area contributed by atoms with E-state index in [4.69, 9.17) is 4.74 Å². The Balaban J connectivity index is 1.61. The first kappa shape index (κ1) is 21.6. The zero-order chi connectivity index (χ0) is 22.9. The number of carbonyl (C=O) groups is 2.